The topological polar surface area (TPSA) is 71.8 Å². The Morgan fingerprint density at radius 1 is 1.12 bits per heavy atom. The highest BCUT2D eigenvalue weighted by molar-refractivity contribution is 5.96. The van der Waals surface area contributed by atoms with E-state index in [1.54, 1.807) is 25.1 Å². The van der Waals surface area contributed by atoms with Gasteiger partial charge >= 0.3 is 5.97 Å². The standard InChI is InChI=1S/C26H29FN2O4/c1-2-32-26(31)24-21(20-8-4-6-10-23(20)33-24)17-29-15-12-19(13-16-29)25(30)28-14-11-18-7-3-5-9-22(18)27/h3-10,19H,2,11-17H2,1H3,(H,28,30). The fourth-order valence-electron chi connectivity index (χ4n) is 4.36. The number of likely N-dealkylation sites (tertiary alicyclic amines) is 1. The van der Waals surface area contributed by atoms with E-state index in [-0.39, 0.29) is 30.0 Å². The summed E-state index contributed by atoms with van der Waals surface area (Å²) < 4.78 is 24.7. The van der Waals surface area contributed by atoms with Crippen molar-refractivity contribution in [1.29, 1.82) is 0 Å². The van der Waals surface area contributed by atoms with Gasteiger partial charge in [-0.1, -0.05) is 36.4 Å². The second-order valence-electron chi connectivity index (χ2n) is 8.31. The fraction of sp³-hybridized carbons (Fsp3) is 0.385. The summed E-state index contributed by atoms with van der Waals surface area (Å²) in [5, 5.41) is 3.86. The third kappa shape index (κ3) is 5.42. The zero-order chi connectivity index (χ0) is 23.2. The smallest absolute Gasteiger partial charge is 0.374 e. The number of carbonyl (C=O) groups excluding carboxylic acids is 2. The first-order valence-electron chi connectivity index (χ1n) is 11.5. The number of para-hydroxylation sites is 1. The molecule has 1 saturated heterocycles. The third-order valence-corrected chi connectivity index (χ3v) is 6.15. The van der Waals surface area contributed by atoms with Crippen molar-refractivity contribution in [3.8, 4) is 0 Å². The van der Waals surface area contributed by atoms with Gasteiger partial charge in [-0.2, -0.15) is 0 Å². The monoisotopic (exact) mass is 452 g/mol. The number of carbonyl (C=O) groups is 2. The Morgan fingerprint density at radius 3 is 2.61 bits per heavy atom. The van der Waals surface area contributed by atoms with Crippen LogP contribution in [-0.4, -0.2) is 43.0 Å². The molecule has 0 unspecified atom stereocenters. The number of benzene rings is 2. The number of hydrogen-bond acceptors (Lipinski definition) is 5. The number of nitrogens with one attached hydrogen (secondary N) is 1. The normalized spacial score (nSPS) is 15.0. The van der Waals surface area contributed by atoms with E-state index in [2.05, 4.69) is 10.2 Å². The van der Waals surface area contributed by atoms with Crippen molar-refractivity contribution in [1.82, 2.24) is 10.2 Å². The number of furan rings is 1. The fourth-order valence-corrected chi connectivity index (χ4v) is 4.36. The molecule has 7 heteroatoms. The number of amides is 1. The molecule has 174 valence electrons. The minimum atomic E-state index is -0.451. The van der Waals surface area contributed by atoms with Gasteiger partial charge in [-0.25, -0.2) is 9.18 Å². The van der Waals surface area contributed by atoms with Crippen molar-refractivity contribution >= 4 is 22.8 Å². The Balaban J connectivity index is 1.32. The molecule has 6 nitrogen and oxygen atoms in total. The van der Waals surface area contributed by atoms with Gasteiger partial charge in [0.25, 0.3) is 0 Å². The number of fused-ring (bicyclic) bond motifs is 1. The quantitative estimate of drug-likeness (QED) is 0.516. The molecule has 0 aliphatic carbocycles. The number of rotatable bonds is 8. The van der Waals surface area contributed by atoms with Gasteiger partial charge in [-0.15, -0.1) is 0 Å². The Kier molecular flexibility index (Phi) is 7.40. The molecule has 1 fully saturated rings. The first-order chi connectivity index (χ1) is 16.1. The van der Waals surface area contributed by atoms with E-state index in [0.717, 1.165) is 36.9 Å². The number of piperidine rings is 1. The summed E-state index contributed by atoms with van der Waals surface area (Å²) in [5.41, 5.74) is 2.11. The molecule has 1 amide bonds. The Bertz CT molecular complexity index is 1120. The summed E-state index contributed by atoms with van der Waals surface area (Å²) in [7, 11) is 0. The van der Waals surface area contributed by atoms with Crippen LogP contribution in [0.2, 0.25) is 0 Å². The maximum atomic E-state index is 13.7. The van der Waals surface area contributed by atoms with Crippen molar-refractivity contribution in [2.75, 3.05) is 26.2 Å². The zero-order valence-corrected chi connectivity index (χ0v) is 18.8. The number of hydrogen-bond donors (Lipinski definition) is 1. The SMILES string of the molecule is CCOC(=O)c1oc2ccccc2c1CN1CCC(C(=O)NCCc2ccccc2F)CC1. The molecule has 33 heavy (non-hydrogen) atoms. The number of ether oxygens (including phenoxy) is 1. The second-order valence-corrected chi connectivity index (χ2v) is 8.31. The van der Waals surface area contributed by atoms with E-state index in [1.165, 1.54) is 6.07 Å². The van der Waals surface area contributed by atoms with Crippen molar-refractivity contribution in [2.24, 2.45) is 5.92 Å². The molecule has 0 radical (unpaired) electrons. The molecule has 1 aliphatic heterocycles. The second kappa shape index (κ2) is 10.6. The van der Waals surface area contributed by atoms with Crippen LogP contribution in [0.1, 0.15) is 41.4 Å². The lowest BCUT2D eigenvalue weighted by molar-refractivity contribution is -0.126. The van der Waals surface area contributed by atoms with E-state index < -0.39 is 5.97 Å². The summed E-state index contributed by atoms with van der Waals surface area (Å²) in [6.45, 7) is 4.52. The molecule has 1 N–H and O–H groups in total. The minimum absolute atomic E-state index is 0.0203. The van der Waals surface area contributed by atoms with Crippen LogP contribution in [0.3, 0.4) is 0 Å². The van der Waals surface area contributed by atoms with Crippen LogP contribution < -0.4 is 5.32 Å². The zero-order valence-electron chi connectivity index (χ0n) is 18.8. The van der Waals surface area contributed by atoms with Gasteiger partial charge in [-0.05, 0) is 57.0 Å². The van der Waals surface area contributed by atoms with Crippen LogP contribution in [0.5, 0.6) is 0 Å². The minimum Gasteiger partial charge on any atom is -0.460 e. The van der Waals surface area contributed by atoms with Crippen LogP contribution in [0.15, 0.2) is 52.9 Å². The predicted octanol–water partition coefficient (Wildman–Crippen LogP) is 4.32. The van der Waals surface area contributed by atoms with Crippen LogP contribution in [0.4, 0.5) is 4.39 Å². The average molecular weight is 453 g/mol. The Labute approximate surface area is 192 Å². The summed E-state index contributed by atoms with van der Waals surface area (Å²) in [6, 6.07) is 14.2. The molecule has 0 bridgehead atoms. The molecule has 2 heterocycles. The van der Waals surface area contributed by atoms with Gasteiger partial charge in [-0.3, -0.25) is 9.69 Å². The van der Waals surface area contributed by atoms with Gasteiger partial charge in [0, 0.05) is 30.0 Å². The van der Waals surface area contributed by atoms with Crippen LogP contribution >= 0.6 is 0 Å². The highest BCUT2D eigenvalue weighted by Crippen LogP contribution is 2.29. The largest absolute Gasteiger partial charge is 0.460 e. The van der Waals surface area contributed by atoms with Crippen molar-refractivity contribution < 1.29 is 23.1 Å². The molecular formula is C26H29FN2O4. The summed E-state index contributed by atoms with van der Waals surface area (Å²) >= 11 is 0. The van der Waals surface area contributed by atoms with Gasteiger partial charge in [0.15, 0.2) is 0 Å². The third-order valence-electron chi connectivity index (χ3n) is 6.15. The molecule has 0 spiro atoms. The average Bonchev–Trinajstić information content (AvgIpc) is 3.19. The maximum absolute atomic E-state index is 13.7. The van der Waals surface area contributed by atoms with E-state index in [1.807, 2.05) is 24.3 Å². The molecule has 3 aromatic rings. The first kappa shape index (κ1) is 23.0. The van der Waals surface area contributed by atoms with Gasteiger partial charge in [0.05, 0.1) is 6.61 Å². The number of esters is 1. The summed E-state index contributed by atoms with van der Waals surface area (Å²) in [5.74, 6) is -0.479. The summed E-state index contributed by atoms with van der Waals surface area (Å²) in [6.07, 6.45) is 1.94. The van der Waals surface area contributed by atoms with E-state index in [4.69, 9.17) is 9.15 Å². The first-order valence-corrected chi connectivity index (χ1v) is 11.5. The van der Waals surface area contributed by atoms with Gasteiger partial charge in [0.1, 0.15) is 11.4 Å². The molecule has 0 atom stereocenters. The maximum Gasteiger partial charge on any atom is 0.374 e. The molecule has 2 aromatic carbocycles. The number of halogens is 1. The molecule has 1 aromatic heterocycles. The molecular weight excluding hydrogens is 423 g/mol. The van der Waals surface area contributed by atoms with E-state index in [0.29, 0.717) is 30.7 Å². The van der Waals surface area contributed by atoms with Crippen LogP contribution in [0.25, 0.3) is 11.0 Å². The predicted molar refractivity (Wildman–Crippen MR) is 123 cm³/mol. The molecule has 1 aliphatic rings. The molecule has 0 saturated carbocycles. The number of nitrogens with zero attached hydrogens (tertiary/aromatic N) is 1. The van der Waals surface area contributed by atoms with Crippen LogP contribution in [0, 0.1) is 11.7 Å². The Hall–Kier alpha value is -3.19. The van der Waals surface area contributed by atoms with Gasteiger partial charge in [0.2, 0.25) is 11.7 Å². The van der Waals surface area contributed by atoms with Crippen LogP contribution in [-0.2, 0) is 22.5 Å². The van der Waals surface area contributed by atoms with E-state index in [9.17, 15) is 14.0 Å². The Morgan fingerprint density at radius 2 is 1.85 bits per heavy atom. The lowest BCUT2D eigenvalue weighted by Gasteiger charge is -2.31. The van der Waals surface area contributed by atoms with E-state index >= 15 is 0 Å². The van der Waals surface area contributed by atoms with Crippen molar-refractivity contribution in [3.05, 3.63) is 71.2 Å². The molecule has 4 rings (SSSR count). The van der Waals surface area contributed by atoms with Crippen molar-refractivity contribution in [3.63, 3.8) is 0 Å². The highest BCUT2D eigenvalue weighted by Gasteiger charge is 2.28. The lowest BCUT2D eigenvalue weighted by atomic mass is 9.95. The highest BCUT2D eigenvalue weighted by atomic mass is 19.1. The lowest BCUT2D eigenvalue weighted by Crippen LogP contribution is -2.40. The summed E-state index contributed by atoms with van der Waals surface area (Å²) in [4.78, 5) is 27.3. The van der Waals surface area contributed by atoms with Crippen molar-refractivity contribution in [2.45, 2.75) is 32.7 Å². The van der Waals surface area contributed by atoms with Gasteiger partial charge < -0.3 is 14.5 Å².